The Labute approximate surface area is 123 Å². The van der Waals surface area contributed by atoms with Crippen LogP contribution in [0.15, 0.2) is 59.7 Å². The molecule has 2 aromatic rings. The van der Waals surface area contributed by atoms with Crippen LogP contribution in [0.4, 0.5) is 0 Å². The number of amidine groups is 1. The van der Waals surface area contributed by atoms with Gasteiger partial charge in [0.05, 0.1) is 0 Å². The molecular weight excluding hydrogens is 266 g/mol. The molecule has 0 aromatic heterocycles. The minimum absolute atomic E-state index is 0.109. The van der Waals surface area contributed by atoms with Gasteiger partial charge in [-0.3, -0.25) is 4.79 Å². The Morgan fingerprint density at radius 1 is 1.14 bits per heavy atom. The van der Waals surface area contributed by atoms with Gasteiger partial charge in [0.2, 0.25) is 0 Å². The zero-order valence-corrected chi connectivity index (χ0v) is 11.7. The van der Waals surface area contributed by atoms with Crippen LogP contribution in [0.25, 0.3) is 0 Å². The van der Waals surface area contributed by atoms with Crippen molar-refractivity contribution in [1.29, 1.82) is 0 Å². The number of amides is 1. The van der Waals surface area contributed by atoms with Gasteiger partial charge >= 0.3 is 0 Å². The summed E-state index contributed by atoms with van der Waals surface area (Å²) in [6, 6.07) is 16.5. The molecule has 0 fully saturated rings. The van der Waals surface area contributed by atoms with Crippen molar-refractivity contribution in [2.24, 2.45) is 10.8 Å². The number of nitrogens with one attached hydrogen (secondary N) is 1. The van der Waals surface area contributed by atoms with Crippen LogP contribution in [0.2, 0.25) is 0 Å². The monoisotopic (exact) mass is 283 g/mol. The van der Waals surface area contributed by atoms with Gasteiger partial charge in [-0.2, -0.15) is 5.10 Å². The van der Waals surface area contributed by atoms with Crippen molar-refractivity contribution in [2.75, 3.05) is 6.61 Å². The van der Waals surface area contributed by atoms with Crippen LogP contribution >= 0.6 is 0 Å². The number of carbonyl (C=O) groups excluding carboxylic acids is 1. The SMILES string of the molecule is Cc1ccccc1C(=O)N/N=C(\N)COc1ccccc1. The molecule has 0 atom stereocenters. The van der Waals surface area contributed by atoms with Crippen molar-refractivity contribution >= 4 is 11.7 Å². The average molecular weight is 283 g/mol. The predicted molar refractivity (Wildman–Crippen MR) is 82.2 cm³/mol. The van der Waals surface area contributed by atoms with Crippen molar-refractivity contribution in [3.05, 3.63) is 65.7 Å². The number of nitrogens with two attached hydrogens (primary N) is 1. The van der Waals surface area contributed by atoms with Crippen LogP contribution in [0, 0.1) is 6.92 Å². The summed E-state index contributed by atoms with van der Waals surface area (Å²) in [5, 5.41) is 3.83. The summed E-state index contributed by atoms with van der Waals surface area (Å²) in [7, 11) is 0. The zero-order valence-electron chi connectivity index (χ0n) is 11.7. The van der Waals surface area contributed by atoms with E-state index in [2.05, 4.69) is 10.5 Å². The lowest BCUT2D eigenvalue weighted by molar-refractivity contribution is 0.0954. The minimum Gasteiger partial charge on any atom is -0.486 e. The molecule has 0 aliphatic rings. The average Bonchev–Trinajstić information content (AvgIpc) is 2.52. The largest absolute Gasteiger partial charge is 0.486 e. The highest BCUT2D eigenvalue weighted by Gasteiger charge is 2.07. The van der Waals surface area contributed by atoms with Crippen molar-refractivity contribution < 1.29 is 9.53 Å². The number of benzene rings is 2. The Morgan fingerprint density at radius 2 is 1.81 bits per heavy atom. The standard InChI is InChI=1S/C16H17N3O2/c1-12-7-5-6-10-14(12)16(20)19-18-15(17)11-21-13-8-3-2-4-9-13/h2-10H,11H2,1H3,(H2,17,18)(H,19,20). The summed E-state index contributed by atoms with van der Waals surface area (Å²) in [5.41, 5.74) is 9.56. The molecule has 0 aliphatic heterocycles. The maximum atomic E-state index is 11.9. The van der Waals surface area contributed by atoms with Crippen molar-refractivity contribution in [3.63, 3.8) is 0 Å². The molecule has 0 radical (unpaired) electrons. The second kappa shape index (κ2) is 7.09. The first-order valence-corrected chi connectivity index (χ1v) is 6.52. The lowest BCUT2D eigenvalue weighted by atomic mass is 10.1. The molecule has 0 unspecified atom stereocenters. The number of rotatable bonds is 5. The molecular formula is C16H17N3O2. The topological polar surface area (TPSA) is 76.7 Å². The van der Waals surface area contributed by atoms with Crippen molar-refractivity contribution in [3.8, 4) is 5.75 Å². The molecule has 21 heavy (non-hydrogen) atoms. The molecule has 0 spiro atoms. The Bertz CT molecular complexity index is 639. The van der Waals surface area contributed by atoms with Gasteiger partial charge in [-0.25, -0.2) is 5.43 Å². The minimum atomic E-state index is -0.296. The van der Waals surface area contributed by atoms with E-state index in [1.165, 1.54) is 0 Å². The van der Waals surface area contributed by atoms with E-state index in [1.807, 2.05) is 49.4 Å². The van der Waals surface area contributed by atoms with Crippen LogP contribution in [-0.4, -0.2) is 18.3 Å². The quantitative estimate of drug-likeness (QED) is 0.501. The van der Waals surface area contributed by atoms with Crippen LogP contribution in [0.3, 0.4) is 0 Å². The molecule has 108 valence electrons. The molecule has 0 heterocycles. The third kappa shape index (κ3) is 4.35. The summed E-state index contributed by atoms with van der Waals surface area (Å²) in [6.45, 7) is 1.97. The lowest BCUT2D eigenvalue weighted by Crippen LogP contribution is -2.27. The number of hydrogen-bond donors (Lipinski definition) is 2. The lowest BCUT2D eigenvalue weighted by Gasteiger charge is -2.06. The van der Waals surface area contributed by atoms with Crippen LogP contribution in [-0.2, 0) is 0 Å². The predicted octanol–water partition coefficient (Wildman–Crippen LogP) is 2.08. The first-order valence-electron chi connectivity index (χ1n) is 6.52. The summed E-state index contributed by atoms with van der Waals surface area (Å²) in [5.74, 6) is 0.595. The van der Waals surface area contributed by atoms with E-state index < -0.39 is 0 Å². The molecule has 0 saturated carbocycles. The van der Waals surface area contributed by atoms with E-state index in [1.54, 1.807) is 12.1 Å². The molecule has 0 bridgehead atoms. The van der Waals surface area contributed by atoms with E-state index in [0.29, 0.717) is 11.3 Å². The van der Waals surface area contributed by atoms with Crippen LogP contribution < -0.4 is 15.9 Å². The van der Waals surface area contributed by atoms with Crippen LogP contribution in [0.1, 0.15) is 15.9 Å². The molecule has 1 amide bonds. The van der Waals surface area contributed by atoms with E-state index in [4.69, 9.17) is 10.5 Å². The number of aryl methyl sites for hydroxylation is 1. The van der Waals surface area contributed by atoms with Gasteiger partial charge in [0, 0.05) is 5.56 Å². The number of hydrogen-bond acceptors (Lipinski definition) is 3. The Balaban J connectivity index is 1.89. The summed E-state index contributed by atoms with van der Waals surface area (Å²) < 4.78 is 5.42. The van der Waals surface area contributed by atoms with Gasteiger partial charge in [0.25, 0.3) is 5.91 Å². The highest BCUT2D eigenvalue weighted by atomic mass is 16.5. The maximum Gasteiger partial charge on any atom is 0.271 e. The van der Waals surface area contributed by atoms with Gasteiger partial charge in [-0.05, 0) is 30.7 Å². The highest BCUT2D eigenvalue weighted by molar-refractivity contribution is 5.96. The Kier molecular flexibility index (Phi) is 4.93. The molecule has 5 heteroatoms. The van der Waals surface area contributed by atoms with Gasteiger partial charge in [-0.15, -0.1) is 0 Å². The first-order chi connectivity index (χ1) is 10.2. The van der Waals surface area contributed by atoms with Crippen LogP contribution in [0.5, 0.6) is 5.75 Å². The van der Waals surface area contributed by atoms with Crippen molar-refractivity contribution in [2.45, 2.75) is 6.92 Å². The third-order valence-corrected chi connectivity index (χ3v) is 2.82. The fourth-order valence-corrected chi connectivity index (χ4v) is 1.72. The molecule has 5 nitrogen and oxygen atoms in total. The Hall–Kier alpha value is -2.82. The molecule has 0 saturated heterocycles. The normalized spacial score (nSPS) is 11.0. The fourth-order valence-electron chi connectivity index (χ4n) is 1.72. The van der Waals surface area contributed by atoms with Gasteiger partial charge < -0.3 is 10.5 Å². The number of hydrazone groups is 1. The van der Waals surface area contributed by atoms with Gasteiger partial charge in [-0.1, -0.05) is 36.4 Å². The van der Waals surface area contributed by atoms with E-state index >= 15 is 0 Å². The van der Waals surface area contributed by atoms with E-state index in [0.717, 1.165) is 5.56 Å². The first kappa shape index (κ1) is 14.6. The molecule has 3 N–H and O–H groups in total. The highest BCUT2D eigenvalue weighted by Crippen LogP contribution is 2.08. The summed E-state index contributed by atoms with van der Waals surface area (Å²) in [6.07, 6.45) is 0. The number of para-hydroxylation sites is 1. The van der Waals surface area contributed by atoms with E-state index in [-0.39, 0.29) is 18.3 Å². The smallest absolute Gasteiger partial charge is 0.271 e. The summed E-state index contributed by atoms with van der Waals surface area (Å²) in [4.78, 5) is 11.9. The molecule has 0 aliphatic carbocycles. The number of nitrogens with zero attached hydrogens (tertiary/aromatic N) is 1. The van der Waals surface area contributed by atoms with E-state index in [9.17, 15) is 4.79 Å². The number of carbonyl (C=O) groups is 1. The zero-order chi connectivity index (χ0) is 15.1. The van der Waals surface area contributed by atoms with Gasteiger partial charge in [0.15, 0.2) is 5.84 Å². The second-order valence-corrected chi connectivity index (χ2v) is 4.46. The third-order valence-electron chi connectivity index (χ3n) is 2.82. The summed E-state index contributed by atoms with van der Waals surface area (Å²) >= 11 is 0. The second-order valence-electron chi connectivity index (χ2n) is 4.46. The molecule has 2 rings (SSSR count). The Morgan fingerprint density at radius 3 is 2.52 bits per heavy atom. The molecule has 2 aromatic carbocycles. The fraction of sp³-hybridized carbons (Fsp3) is 0.125. The maximum absolute atomic E-state index is 11.9. The van der Waals surface area contributed by atoms with Gasteiger partial charge in [0.1, 0.15) is 12.4 Å². The van der Waals surface area contributed by atoms with Crippen molar-refractivity contribution in [1.82, 2.24) is 5.43 Å². The number of ether oxygens (including phenoxy) is 1.